The number of rotatable bonds is 2. The molecule has 1 unspecified atom stereocenters. The first-order valence-corrected chi connectivity index (χ1v) is 6.68. The number of aliphatic hydroxyl groups excluding tert-OH is 2. The van der Waals surface area contributed by atoms with Gasteiger partial charge in [0.1, 0.15) is 10.8 Å². The third-order valence-electron chi connectivity index (χ3n) is 3.12. The summed E-state index contributed by atoms with van der Waals surface area (Å²) in [5.41, 5.74) is 5.03. The fraction of sp³-hybridized carbons (Fsp3) is 0.500. The van der Waals surface area contributed by atoms with Crippen LogP contribution in [-0.2, 0) is 4.74 Å². The largest absolute Gasteiger partial charge is 0.394 e. The van der Waals surface area contributed by atoms with Crippen molar-refractivity contribution in [2.45, 2.75) is 24.9 Å². The molecule has 0 amide bonds. The van der Waals surface area contributed by atoms with Crippen molar-refractivity contribution >= 4 is 27.6 Å². The summed E-state index contributed by atoms with van der Waals surface area (Å²) in [6.45, 7) is -0.263. The second kappa shape index (κ2) is 4.66. The maximum Gasteiger partial charge on any atom is 0.311 e. The lowest BCUT2D eigenvalue weighted by molar-refractivity contribution is -0.0495. The minimum Gasteiger partial charge on any atom is -0.394 e. The molecule has 0 aromatic carbocycles. The molecule has 5 N–H and O–H groups in total. The number of fused-ring (bicyclic) bond motifs is 1. The summed E-state index contributed by atoms with van der Waals surface area (Å²) in [6, 6.07) is 0. The number of aromatic amines is 1. The van der Waals surface area contributed by atoms with Crippen molar-refractivity contribution in [2.24, 2.45) is 0 Å². The van der Waals surface area contributed by atoms with Gasteiger partial charge >= 0.3 is 4.87 Å². The van der Waals surface area contributed by atoms with E-state index in [4.69, 9.17) is 15.6 Å². The van der Waals surface area contributed by atoms with E-state index in [1.807, 2.05) is 0 Å². The first-order chi connectivity index (χ1) is 9.51. The van der Waals surface area contributed by atoms with Crippen LogP contribution in [0.5, 0.6) is 0 Å². The maximum absolute atomic E-state index is 12.0. The number of ether oxygens (including phenoxy) is 1. The van der Waals surface area contributed by atoms with Gasteiger partial charge in [0, 0.05) is 6.42 Å². The van der Waals surface area contributed by atoms with Crippen LogP contribution in [0, 0.1) is 0 Å². The van der Waals surface area contributed by atoms with Crippen molar-refractivity contribution < 1.29 is 14.9 Å². The van der Waals surface area contributed by atoms with Crippen LogP contribution >= 0.6 is 11.3 Å². The summed E-state index contributed by atoms with van der Waals surface area (Å²) >= 11 is 0.704. The number of aliphatic hydroxyl groups is 2. The van der Waals surface area contributed by atoms with Crippen LogP contribution in [0.25, 0.3) is 10.3 Å². The Kier molecular flexibility index (Phi) is 3.09. The first kappa shape index (κ1) is 13.2. The van der Waals surface area contributed by atoms with Crippen molar-refractivity contribution in [1.29, 1.82) is 0 Å². The Hall–Kier alpha value is -1.75. The van der Waals surface area contributed by atoms with Crippen LogP contribution in [-0.4, -0.2) is 43.6 Å². The Balaban J connectivity index is 2.19. The molecule has 1 aliphatic heterocycles. The highest BCUT2D eigenvalue weighted by molar-refractivity contribution is 7.16. The van der Waals surface area contributed by atoms with Crippen molar-refractivity contribution in [3.8, 4) is 0 Å². The average molecular weight is 300 g/mol. The second-order valence-corrected chi connectivity index (χ2v) is 5.44. The number of anilines is 1. The molecule has 20 heavy (non-hydrogen) atoms. The predicted octanol–water partition coefficient (Wildman–Crippen LogP) is -1.63. The molecular formula is C10H12N4O5S. The third kappa shape index (κ3) is 1.93. The highest BCUT2D eigenvalue weighted by Crippen LogP contribution is 2.30. The normalized spacial score (nSPS) is 26.4. The number of H-pyrrole nitrogens is 1. The lowest BCUT2D eigenvalue weighted by atomic mass is 10.2. The number of hydrogen-bond acceptors (Lipinski definition) is 8. The quantitative estimate of drug-likeness (QED) is 0.521. The molecule has 3 atom stereocenters. The van der Waals surface area contributed by atoms with Crippen LogP contribution in [0.2, 0.25) is 0 Å². The molecule has 0 aliphatic carbocycles. The number of nitrogen functional groups attached to an aromatic ring is 1. The molecular weight excluding hydrogens is 288 g/mol. The summed E-state index contributed by atoms with van der Waals surface area (Å²) in [7, 11) is 0. The lowest BCUT2D eigenvalue weighted by Gasteiger charge is -2.15. The fourth-order valence-electron chi connectivity index (χ4n) is 2.25. The predicted molar refractivity (Wildman–Crippen MR) is 70.5 cm³/mol. The number of thiazole rings is 1. The molecule has 2 aromatic heterocycles. The molecule has 1 saturated heterocycles. The van der Waals surface area contributed by atoms with E-state index < -0.39 is 28.9 Å². The summed E-state index contributed by atoms with van der Waals surface area (Å²) in [5, 5.41) is 19.0. The van der Waals surface area contributed by atoms with Crippen LogP contribution in [0.1, 0.15) is 12.6 Å². The summed E-state index contributed by atoms with van der Waals surface area (Å²) in [5.74, 6) is -0.125. The molecule has 0 radical (unpaired) electrons. The monoisotopic (exact) mass is 300 g/mol. The molecule has 10 heteroatoms. The van der Waals surface area contributed by atoms with Gasteiger partial charge in [0.15, 0.2) is 11.9 Å². The van der Waals surface area contributed by atoms with Gasteiger partial charge in [-0.15, -0.1) is 0 Å². The van der Waals surface area contributed by atoms with Crippen LogP contribution < -0.4 is 16.2 Å². The Labute approximate surface area is 115 Å². The van der Waals surface area contributed by atoms with E-state index in [0.29, 0.717) is 11.3 Å². The van der Waals surface area contributed by atoms with Gasteiger partial charge in [-0.3, -0.25) is 19.1 Å². The molecule has 9 nitrogen and oxygen atoms in total. The molecule has 2 aromatic rings. The number of aromatic nitrogens is 3. The zero-order chi connectivity index (χ0) is 14.4. The maximum atomic E-state index is 12.0. The van der Waals surface area contributed by atoms with Crippen LogP contribution in [0.4, 0.5) is 5.95 Å². The van der Waals surface area contributed by atoms with Crippen molar-refractivity contribution in [3.05, 3.63) is 20.0 Å². The minimum atomic E-state index is -0.984. The van der Waals surface area contributed by atoms with Crippen molar-refractivity contribution in [1.82, 2.24) is 14.5 Å². The molecule has 1 fully saturated rings. The first-order valence-electron chi connectivity index (χ1n) is 5.86. The third-order valence-corrected chi connectivity index (χ3v) is 4.06. The number of nitrogens with zero attached hydrogens (tertiary/aromatic N) is 2. The average Bonchev–Trinajstić information content (AvgIpc) is 2.89. The van der Waals surface area contributed by atoms with E-state index in [1.165, 1.54) is 0 Å². The molecule has 0 spiro atoms. The van der Waals surface area contributed by atoms with E-state index in [9.17, 15) is 14.7 Å². The van der Waals surface area contributed by atoms with Gasteiger partial charge in [0.2, 0.25) is 5.95 Å². The van der Waals surface area contributed by atoms with E-state index in [0.717, 1.165) is 4.57 Å². The zero-order valence-electron chi connectivity index (χ0n) is 10.1. The number of nitrogens with two attached hydrogens (primary N) is 1. The highest BCUT2D eigenvalue weighted by Gasteiger charge is 2.37. The SMILES string of the molecule is Nc1nc2c(sc(=O)n2C2O[C@H](CO)C[C@H]2O)c(=O)[nH]1. The van der Waals surface area contributed by atoms with Gasteiger partial charge in [-0.25, -0.2) is 0 Å². The molecule has 108 valence electrons. The second-order valence-electron chi connectivity index (χ2n) is 4.48. The van der Waals surface area contributed by atoms with Crippen LogP contribution in [0.15, 0.2) is 9.59 Å². The zero-order valence-corrected chi connectivity index (χ0v) is 11.0. The Morgan fingerprint density at radius 1 is 1.55 bits per heavy atom. The van der Waals surface area contributed by atoms with Gasteiger partial charge in [0.25, 0.3) is 5.56 Å². The Morgan fingerprint density at radius 3 is 2.95 bits per heavy atom. The topological polar surface area (TPSA) is 143 Å². The molecule has 3 heterocycles. The minimum absolute atomic E-state index is 0.0730. The van der Waals surface area contributed by atoms with Crippen molar-refractivity contribution in [3.63, 3.8) is 0 Å². The van der Waals surface area contributed by atoms with Gasteiger partial charge in [-0.2, -0.15) is 4.98 Å². The molecule has 1 aliphatic rings. The molecule has 3 rings (SSSR count). The van der Waals surface area contributed by atoms with Crippen molar-refractivity contribution in [2.75, 3.05) is 12.3 Å². The van der Waals surface area contributed by atoms with E-state index in [1.54, 1.807) is 0 Å². The van der Waals surface area contributed by atoms with Gasteiger partial charge in [-0.1, -0.05) is 11.3 Å². The highest BCUT2D eigenvalue weighted by atomic mass is 32.1. The van der Waals surface area contributed by atoms with Gasteiger partial charge in [0.05, 0.1) is 12.7 Å². The van der Waals surface area contributed by atoms with E-state index in [2.05, 4.69) is 9.97 Å². The standard InChI is InChI=1S/C10H12N4O5S/c11-9-12-6-5(7(17)13-9)20-10(18)14(6)8-4(16)1-3(2-15)19-8/h3-4,8,15-16H,1-2H2,(H3,11,12,13,17)/t3-,4+,8?/m0/s1. The van der Waals surface area contributed by atoms with E-state index >= 15 is 0 Å². The summed E-state index contributed by atoms with van der Waals surface area (Å²) in [4.78, 5) is 29.5. The van der Waals surface area contributed by atoms with E-state index in [-0.39, 0.29) is 29.3 Å². The summed E-state index contributed by atoms with van der Waals surface area (Å²) < 4.78 is 6.63. The molecule has 0 saturated carbocycles. The Morgan fingerprint density at radius 2 is 2.30 bits per heavy atom. The summed E-state index contributed by atoms with van der Waals surface area (Å²) in [6.07, 6.45) is -2.31. The smallest absolute Gasteiger partial charge is 0.311 e. The number of nitrogens with one attached hydrogen (secondary N) is 1. The molecule has 0 bridgehead atoms. The fourth-order valence-corrected chi connectivity index (χ4v) is 3.09. The van der Waals surface area contributed by atoms with Crippen LogP contribution in [0.3, 0.4) is 0 Å². The lowest BCUT2D eigenvalue weighted by Crippen LogP contribution is -2.27. The number of hydrogen-bond donors (Lipinski definition) is 4. The van der Waals surface area contributed by atoms with Gasteiger partial charge in [-0.05, 0) is 0 Å². The van der Waals surface area contributed by atoms with Gasteiger partial charge < -0.3 is 20.7 Å². The Bertz CT molecular complexity index is 765.